The number of rotatable bonds is 7. The number of hydrogen-bond donors (Lipinski definition) is 0. The number of ether oxygens (including phenoxy) is 2. The first kappa shape index (κ1) is 26.0. The molecule has 2 aromatic rings. The van der Waals surface area contributed by atoms with E-state index in [0.29, 0.717) is 5.92 Å². The first-order valence-corrected chi connectivity index (χ1v) is 14.0. The summed E-state index contributed by atoms with van der Waals surface area (Å²) in [5, 5.41) is 0. The Balaban J connectivity index is 1.23. The lowest BCUT2D eigenvalue weighted by Crippen LogP contribution is -2.51. The number of carbonyl (C=O) groups is 1. The molecule has 0 atom stereocenters. The van der Waals surface area contributed by atoms with Crippen molar-refractivity contribution in [3.05, 3.63) is 52.8 Å². The van der Waals surface area contributed by atoms with Crippen molar-refractivity contribution in [1.82, 2.24) is 19.7 Å². The number of aromatic nitrogens is 1. The van der Waals surface area contributed by atoms with Crippen molar-refractivity contribution >= 4 is 5.91 Å². The number of methoxy groups -OCH3 is 2. The summed E-state index contributed by atoms with van der Waals surface area (Å²) in [6.45, 7) is 8.43. The summed E-state index contributed by atoms with van der Waals surface area (Å²) in [6, 6.07) is 10.8. The molecule has 0 spiro atoms. The number of nitrogens with zero attached hydrogens (tertiary/aromatic N) is 4. The highest BCUT2D eigenvalue weighted by Crippen LogP contribution is 2.34. The van der Waals surface area contributed by atoms with Crippen LogP contribution in [0.3, 0.4) is 0 Å². The van der Waals surface area contributed by atoms with Crippen LogP contribution in [0.25, 0.3) is 0 Å². The van der Waals surface area contributed by atoms with E-state index in [-0.39, 0.29) is 5.91 Å². The van der Waals surface area contributed by atoms with Gasteiger partial charge in [0.25, 0.3) is 5.91 Å². The predicted octanol–water partition coefficient (Wildman–Crippen LogP) is 4.49. The molecule has 2 aliphatic heterocycles. The molecule has 1 amide bonds. The van der Waals surface area contributed by atoms with Crippen LogP contribution in [0.2, 0.25) is 0 Å². The SMILES string of the molecule is COc1cccc(CN2CCC(c3nc(C)ccc3C(=O)N3CCN(C4CCCC4)CC3)CC2)c1OC. The van der Waals surface area contributed by atoms with Crippen LogP contribution in [0.4, 0.5) is 0 Å². The average Bonchev–Trinajstić information content (AvgIpc) is 3.48. The minimum Gasteiger partial charge on any atom is -0.493 e. The molecule has 0 bridgehead atoms. The van der Waals surface area contributed by atoms with E-state index in [1.54, 1.807) is 14.2 Å². The smallest absolute Gasteiger partial charge is 0.255 e. The summed E-state index contributed by atoms with van der Waals surface area (Å²) >= 11 is 0. The Bertz CT molecular complexity index is 1070. The molecular formula is C30H42N4O3. The van der Waals surface area contributed by atoms with E-state index in [0.717, 1.165) is 98.7 Å². The Labute approximate surface area is 221 Å². The zero-order valence-electron chi connectivity index (χ0n) is 22.7. The molecule has 1 saturated carbocycles. The lowest BCUT2D eigenvalue weighted by molar-refractivity contribution is 0.0570. The molecule has 7 heteroatoms. The van der Waals surface area contributed by atoms with E-state index in [1.165, 1.54) is 25.7 Å². The number of piperidine rings is 1. The first-order valence-electron chi connectivity index (χ1n) is 14.0. The van der Waals surface area contributed by atoms with Gasteiger partial charge in [-0.2, -0.15) is 0 Å². The first-order chi connectivity index (χ1) is 18.1. The number of para-hydroxylation sites is 1. The molecule has 2 saturated heterocycles. The van der Waals surface area contributed by atoms with Crippen molar-refractivity contribution in [2.45, 2.75) is 64.0 Å². The van der Waals surface area contributed by atoms with Gasteiger partial charge in [0, 0.05) is 55.9 Å². The Morgan fingerprint density at radius 2 is 1.65 bits per heavy atom. The zero-order chi connectivity index (χ0) is 25.8. The molecule has 1 aliphatic carbocycles. The second kappa shape index (κ2) is 11.8. The van der Waals surface area contributed by atoms with Crippen LogP contribution in [0.5, 0.6) is 11.5 Å². The molecule has 0 unspecified atom stereocenters. The number of hydrogen-bond acceptors (Lipinski definition) is 6. The van der Waals surface area contributed by atoms with E-state index in [2.05, 4.69) is 20.8 Å². The van der Waals surface area contributed by atoms with Gasteiger partial charge in [-0.3, -0.25) is 19.6 Å². The zero-order valence-corrected chi connectivity index (χ0v) is 22.7. The number of likely N-dealkylation sites (tertiary alicyclic amines) is 1. The van der Waals surface area contributed by atoms with Gasteiger partial charge in [-0.1, -0.05) is 25.0 Å². The fourth-order valence-corrected chi connectivity index (χ4v) is 6.48. The van der Waals surface area contributed by atoms with Crippen LogP contribution in [-0.4, -0.2) is 85.1 Å². The molecule has 3 fully saturated rings. The number of piperazine rings is 1. The Morgan fingerprint density at radius 3 is 2.32 bits per heavy atom. The lowest BCUT2D eigenvalue weighted by atomic mass is 9.89. The second-order valence-electron chi connectivity index (χ2n) is 10.9. The van der Waals surface area contributed by atoms with Crippen molar-refractivity contribution in [2.75, 3.05) is 53.5 Å². The molecule has 0 radical (unpaired) electrons. The molecule has 7 nitrogen and oxygen atoms in total. The predicted molar refractivity (Wildman–Crippen MR) is 146 cm³/mol. The quantitative estimate of drug-likeness (QED) is 0.552. The minimum atomic E-state index is 0.164. The van der Waals surface area contributed by atoms with E-state index < -0.39 is 0 Å². The van der Waals surface area contributed by atoms with E-state index in [9.17, 15) is 4.79 Å². The maximum Gasteiger partial charge on any atom is 0.255 e. The second-order valence-corrected chi connectivity index (χ2v) is 10.9. The monoisotopic (exact) mass is 506 g/mol. The average molecular weight is 507 g/mol. The fraction of sp³-hybridized carbons (Fsp3) is 0.600. The third kappa shape index (κ3) is 5.78. The number of amides is 1. The van der Waals surface area contributed by atoms with Crippen LogP contribution < -0.4 is 9.47 Å². The summed E-state index contributed by atoms with van der Waals surface area (Å²) < 4.78 is 11.1. The molecule has 5 rings (SSSR count). The standard InChI is InChI=1S/C30H42N4O3/c1-22-11-12-26(30(35)34-19-17-33(18-20-34)25-8-4-5-9-25)28(31-22)23-13-15-32(16-14-23)21-24-7-6-10-27(36-2)29(24)37-3/h6-7,10-12,23,25H,4-5,8-9,13-21H2,1-3H3. The van der Waals surface area contributed by atoms with Gasteiger partial charge in [0.1, 0.15) is 0 Å². The van der Waals surface area contributed by atoms with Crippen molar-refractivity contribution in [3.8, 4) is 11.5 Å². The number of carbonyl (C=O) groups excluding carboxylic acids is 1. The van der Waals surface area contributed by atoms with Gasteiger partial charge < -0.3 is 14.4 Å². The van der Waals surface area contributed by atoms with Gasteiger partial charge in [-0.15, -0.1) is 0 Å². The van der Waals surface area contributed by atoms with Gasteiger partial charge >= 0.3 is 0 Å². The largest absolute Gasteiger partial charge is 0.493 e. The fourth-order valence-electron chi connectivity index (χ4n) is 6.48. The van der Waals surface area contributed by atoms with Gasteiger partial charge in [0.2, 0.25) is 0 Å². The summed E-state index contributed by atoms with van der Waals surface area (Å²) in [5.74, 6) is 2.05. The Kier molecular flexibility index (Phi) is 8.30. The van der Waals surface area contributed by atoms with Gasteiger partial charge in [-0.05, 0) is 63.9 Å². The van der Waals surface area contributed by atoms with Crippen molar-refractivity contribution in [1.29, 1.82) is 0 Å². The molecule has 37 heavy (non-hydrogen) atoms. The molecule has 3 heterocycles. The van der Waals surface area contributed by atoms with Crippen molar-refractivity contribution in [2.24, 2.45) is 0 Å². The third-order valence-electron chi connectivity index (χ3n) is 8.59. The Hall–Kier alpha value is -2.64. The molecule has 1 aromatic heterocycles. The lowest BCUT2D eigenvalue weighted by Gasteiger charge is -2.38. The number of pyridine rings is 1. The van der Waals surface area contributed by atoms with Crippen LogP contribution in [0.1, 0.15) is 71.8 Å². The molecule has 0 N–H and O–H groups in total. The van der Waals surface area contributed by atoms with E-state index in [4.69, 9.17) is 14.5 Å². The molecule has 1 aromatic carbocycles. The molecule has 3 aliphatic rings. The van der Waals surface area contributed by atoms with Crippen molar-refractivity contribution in [3.63, 3.8) is 0 Å². The Morgan fingerprint density at radius 1 is 0.919 bits per heavy atom. The molecule has 200 valence electrons. The summed E-state index contributed by atoms with van der Waals surface area (Å²) in [5.41, 5.74) is 3.94. The minimum absolute atomic E-state index is 0.164. The van der Waals surface area contributed by atoms with Crippen LogP contribution in [0.15, 0.2) is 30.3 Å². The van der Waals surface area contributed by atoms with Gasteiger partial charge in [0.05, 0.1) is 25.5 Å². The van der Waals surface area contributed by atoms with Crippen LogP contribution >= 0.6 is 0 Å². The van der Waals surface area contributed by atoms with Crippen LogP contribution in [-0.2, 0) is 6.54 Å². The highest BCUT2D eigenvalue weighted by atomic mass is 16.5. The number of aryl methyl sites for hydroxylation is 1. The maximum absolute atomic E-state index is 13.7. The third-order valence-corrected chi connectivity index (χ3v) is 8.59. The topological polar surface area (TPSA) is 58.1 Å². The highest BCUT2D eigenvalue weighted by Gasteiger charge is 2.31. The van der Waals surface area contributed by atoms with Gasteiger partial charge in [0.15, 0.2) is 11.5 Å². The van der Waals surface area contributed by atoms with E-state index >= 15 is 0 Å². The number of benzene rings is 1. The summed E-state index contributed by atoms with van der Waals surface area (Å²) in [6.07, 6.45) is 7.35. The maximum atomic E-state index is 13.7. The summed E-state index contributed by atoms with van der Waals surface area (Å²) in [7, 11) is 3.38. The van der Waals surface area contributed by atoms with Crippen molar-refractivity contribution < 1.29 is 14.3 Å². The van der Waals surface area contributed by atoms with E-state index in [1.807, 2.05) is 31.2 Å². The highest BCUT2D eigenvalue weighted by molar-refractivity contribution is 5.95. The van der Waals surface area contributed by atoms with Gasteiger partial charge in [-0.25, -0.2) is 0 Å². The van der Waals surface area contributed by atoms with Crippen LogP contribution in [0, 0.1) is 6.92 Å². The molecular weight excluding hydrogens is 464 g/mol. The normalized spacial score (nSPS) is 20.4. The summed E-state index contributed by atoms with van der Waals surface area (Å²) in [4.78, 5) is 25.7.